The van der Waals surface area contributed by atoms with Crippen molar-refractivity contribution < 1.29 is 18.7 Å². The third kappa shape index (κ3) is 5.76. The highest BCUT2D eigenvalue weighted by Gasteiger charge is 2.15. The van der Waals surface area contributed by atoms with Gasteiger partial charge in [0.15, 0.2) is 6.61 Å². The highest BCUT2D eigenvalue weighted by Crippen LogP contribution is 2.18. The average Bonchev–Trinajstić information content (AvgIpc) is 2.61. The average molecular weight is 346 g/mol. The number of methoxy groups -OCH3 is 1. The van der Waals surface area contributed by atoms with Crippen molar-refractivity contribution in [3.05, 3.63) is 59.9 Å². The fourth-order valence-electron chi connectivity index (χ4n) is 2.37. The summed E-state index contributed by atoms with van der Waals surface area (Å²) in [6, 6.07) is 13.3. The number of halogens is 1. The van der Waals surface area contributed by atoms with Gasteiger partial charge in [0, 0.05) is 6.54 Å². The quantitative estimate of drug-likeness (QED) is 0.798. The first kappa shape index (κ1) is 18.7. The first-order valence-electron chi connectivity index (χ1n) is 7.95. The molecule has 0 bridgehead atoms. The number of ether oxygens (including phenoxy) is 2. The SMILES string of the molecule is COc1ccc(OCC(=O)NCC(c2ccc(F)cc2)N(C)C)cc1. The van der Waals surface area contributed by atoms with E-state index in [0.29, 0.717) is 12.3 Å². The molecule has 0 fully saturated rings. The third-order valence-corrected chi connectivity index (χ3v) is 3.80. The molecule has 0 aliphatic carbocycles. The molecule has 0 heterocycles. The molecule has 0 radical (unpaired) electrons. The Morgan fingerprint density at radius 2 is 1.68 bits per heavy atom. The summed E-state index contributed by atoms with van der Waals surface area (Å²) in [4.78, 5) is 14.0. The summed E-state index contributed by atoms with van der Waals surface area (Å²) in [5.41, 5.74) is 0.933. The Labute approximate surface area is 147 Å². The molecule has 0 saturated heterocycles. The topological polar surface area (TPSA) is 50.8 Å². The molecule has 1 N–H and O–H groups in total. The smallest absolute Gasteiger partial charge is 0.258 e. The number of benzene rings is 2. The van der Waals surface area contributed by atoms with Crippen molar-refractivity contribution in [2.75, 3.05) is 34.4 Å². The Balaban J connectivity index is 1.85. The van der Waals surface area contributed by atoms with E-state index in [-0.39, 0.29) is 24.4 Å². The summed E-state index contributed by atoms with van der Waals surface area (Å²) in [5, 5.41) is 2.85. The molecule has 5 nitrogen and oxygen atoms in total. The Morgan fingerprint density at radius 3 is 2.24 bits per heavy atom. The van der Waals surface area contributed by atoms with E-state index in [1.54, 1.807) is 43.5 Å². The van der Waals surface area contributed by atoms with E-state index in [1.807, 2.05) is 19.0 Å². The van der Waals surface area contributed by atoms with Crippen molar-refractivity contribution >= 4 is 5.91 Å². The van der Waals surface area contributed by atoms with E-state index in [2.05, 4.69) is 5.32 Å². The molecule has 1 atom stereocenters. The zero-order chi connectivity index (χ0) is 18.2. The number of likely N-dealkylation sites (N-methyl/N-ethyl adjacent to an activating group) is 1. The van der Waals surface area contributed by atoms with Crippen LogP contribution in [0.2, 0.25) is 0 Å². The van der Waals surface area contributed by atoms with Crippen LogP contribution in [0.5, 0.6) is 11.5 Å². The number of carbonyl (C=O) groups is 1. The van der Waals surface area contributed by atoms with Gasteiger partial charge >= 0.3 is 0 Å². The minimum absolute atomic E-state index is 0.0504. The number of rotatable bonds is 8. The number of nitrogens with one attached hydrogen (secondary N) is 1. The van der Waals surface area contributed by atoms with Crippen LogP contribution in [0.25, 0.3) is 0 Å². The number of carbonyl (C=O) groups excluding carboxylic acids is 1. The molecule has 2 aromatic rings. The van der Waals surface area contributed by atoms with Crippen LogP contribution in [0.15, 0.2) is 48.5 Å². The maximum absolute atomic E-state index is 13.1. The van der Waals surface area contributed by atoms with Gasteiger partial charge in [-0.15, -0.1) is 0 Å². The van der Waals surface area contributed by atoms with Crippen molar-refractivity contribution in [2.24, 2.45) is 0 Å². The van der Waals surface area contributed by atoms with Gasteiger partial charge < -0.3 is 19.7 Å². The molecule has 1 unspecified atom stereocenters. The largest absolute Gasteiger partial charge is 0.497 e. The monoisotopic (exact) mass is 346 g/mol. The van der Waals surface area contributed by atoms with Crippen LogP contribution < -0.4 is 14.8 Å². The lowest BCUT2D eigenvalue weighted by Crippen LogP contribution is -2.36. The summed E-state index contributed by atoms with van der Waals surface area (Å²) in [6.07, 6.45) is 0. The third-order valence-electron chi connectivity index (χ3n) is 3.80. The van der Waals surface area contributed by atoms with Gasteiger partial charge in [-0.05, 0) is 56.1 Å². The van der Waals surface area contributed by atoms with E-state index >= 15 is 0 Å². The Kier molecular flexibility index (Phi) is 6.77. The van der Waals surface area contributed by atoms with Crippen molar-refractivity contribution in [1.29, 1.82) is 0 Å². The van der Waals surface area contributed by atoms with Gasteiger partial charge in [0.1, 0.15) is 17.3 Å². The summed E-state index contributed by atoms with van der Waals surface area (Å²) in [6.45, 7) is 0.333. The molecule has 0 aliphatic rings. The lowest BCUT2D eigenvalue weighted by Gasteiger charge is -2.25. The Bertz CT molecular complexity index is 672. The van der Waals surface area contributed by atoms with Crippen molar-refractivity contribution in [2.45, 2.75) is 6.04 Å². The van der Waals surface area contributed by atoms with E-state index in [0.717, 1.165) is 11.3 Å². The second-order valence-corrected chi connectivity index (χ2v) is 5.80. The van der Waals surface area contributed by atoms with Crippen LogP contribution in [0.1, 0.15) is 11.6 Å². The molecule has 0 aliphatic heterocycles. The summed E-state index contributed by atoms with van der Waals surface area (Å²) >= 11 is 0. The first-order valence-corrected chi connectivity index (χ1v) is 7.95. The van der Waals surface area contributed by atoms with Crippen LogP contribution >= 0.6 is 0 Å². The van der Waals surface area contributed by atoms with E-state index in [1.165, 1.54) is 12.1 Å². The van der Waals surface area contributed by atoms with Crippen LogP contribution in [0.4, 0.5) is 4.39 Å². The zero-order valence-corrected chi connectivity index (χ0v) is 14.7. The Hall–Kier alpha value is -2.60. The zero-order valence-electron chi connectivity index (χ0n) is 14.7. The molecule has 25 heavy (non-hydrogen) atoms. The minimum Gasteiger partial charge on any atom is -0.497 e. The first-order chi connectivity index (χ1) is 12.0. The molecule has 1 amide bonds. The van der Waals surface area contributed by atoms with E-state index in [4.69, 9.17) is 9.47 Å². The Morgan fingerprint density at radius 1 is 1.08 bits per heavy atom. The lowest BCUT2D eigenvalue weighted by molar-refractivity contribution is -0.123. The molecular weight excluding hydrogens is 323 g/mol. The normalized spacial score (nSPS) is 11.9. The van der Waals surface area contributed by atoms with Gasteiger partial charge in [0.05, 0.1) is 13.2 Å². The number of amides is 1. The molecule has 0 spiro atoms. The maximum Gasteiger partial charge on any atom is 0.258 e. The van der Waals surface area contributed by atoms with Crippen LogP contribution in [-0.4, -0.2) is 45.2 Å². The standard InChI is InChI=1S/C19H23FN2O3/c1-22(2)18(14-4-6-15(20)7-5-14)12-21-19(23)13-25-17-10-8-16(24-3)9-11-17/h4-11,18H,12-13H2,1-3H3,(H,21,23). The predicted octanol–water partition coefficient (Wildman–Crippen LogP) is 2.63. The second kappa shape index (κ2) is 9.03. The van der Waals surface area contributed by atoms with Gasteiger partial charge in [0.25, 0.3) is 5.91 Å². The van der Waals surface area contributed by atoms with E-state index in [9.17, 15) is 9.18 Å². The summed E-state index contributed by atoms with van der Waals surface area (Å²) < 4.78 is 23.6. The van der Waals surface area contributed by atoms with Gasteiger partial charge in [-0.2, -0.15) is 0 Å². The number of hydrogen-bond acceptors (Lipinski definition) is 4. The number of hydrogen-bond donors (Lipinski definition) is 1. The van der Waals surface area contributed by atoms with Crippen molar-refractivity contribution in [3.63, 3.8) is 0 Å². The number of nitrogens with zero attached hydrogens (tertiary/aromatic N) is 1. The van der Waals surface area contributed by atoms with Gasteiger partial charge in [-0.3, -0.25) is 4.79 Å². The van der Waals surface area contributed by atoms with Crippen LogP contribution in [0, 0.1) is 5.82 Å². The van der Waals surface area contributed by atoms with E-state index < -0.39 is 0 Å². The fourth-order valence-corrected chi connectivity index (χ4v) is 2.37. The molecule has 134 valence electrons. The predicted molar refractivity (Wildman–Crippen MR) is 94.3 cm³/mol. The molecule has 0 saturated carbocycles. The summed E-state index contributed by atoms with van der Waals surface area (Å²) in [5.74, 6) is 0.825. The highest BCUT2D eigenvalue weighted by molar-refractivity contribution is 5.77. The maximum atomic E-state index is 13.1. The van der Waals surface area contributed by atoms with Gasteiger partial charge in [0.2, 0.25) is 0 Å². The van der Waals surface area contributed by atoms with Crippen molar-refractivity contribution in [3.8, 4) is 11.5 Å². The summed E-state index contributed by atoms with van der Waals surface area (Å²) in [7, 11) is 5.41. The fraction of sp³-hybridized carbons (Fsp3) is 0.316. The lowest BCUT2D eigenvalue weighted by atomic mass is 10.1. The van der Waals surface area contributed by atoms with Crippen LogP contribution in [0.3, 0.4) is 0 Å². The van der Waals surface area contributed by atoms with Gasteiger partial charge in [-0.1, -0.05) is 12.1 Å². The molecule has 2 rings (SSSR count). The molecule has 2 aromatic carbocycles. The highest BCUT2D eigenvalue weighted by atomic mass is 19.1. The van der Waals surface area contributed by atoms with Crippen LogP contribution in [-0.2, 0) is 4.79 Å². The molecular formula is C19H23FN2O3. The second-order valence-electron chi connectivity index (χ2n) is 5.80. The van der Waals surface area contributed by atoms with Crippen molar-refractivity contribution in [1.82, 2.24) is 10.2 Å². The minimum atomic E-state index is -0.279. The van der Waals surface area contributed by atoms with Gasteiger partial charge in [-0.25, -0.2) is 4.39 Å². The molecule has 0 aromatic heterocycles. The molecule has 6 heteroatoms.